The molecule has 1 aromatic carbocycles. The van der Waals surface area contributed by atoms with Crippen molar-refractivity contribution < 1.29 is 33.2 Å². The van der Waals surface area contributed by atoms with E-state index in [1.807, 2.05) is 6.07 Å². The van der Waals surface area contributed by atoms with Crippen LogP contribution in [0.25, 0.3) is 0 Å². The van der Waals surface area contributed by atoms with Crippen molar-refractivity contribution in [2.75, 3.05) is 12.4 Å². The van der Waals surface area contributed by atoms with E-state index in [2.05, 4.69) is 11.9 Å². The Morgan fingerprint density at radius 2 is 1.97 bits per heavy atom. The number of nitrogens with zero attached hydrogens (tertiary/aromatic N) is 1. The lowest BCUT2D eigenvalue weighted by molar-refractivity contribution is -0.151. The lowest BCUT2D eigenvalue weighted by Crippen LogP contribution is -2.73. The normalized spacial score (nSPS) is 22.6. The minimum atomic E-state index is -1.68. The fourth-order valence-corrected chi connectivity index (χ4v) is 4.91. The van der Waals surface area contributed by atoms with Gasteiger partial charge in [-0.25, -0.2) is 9.59 Å². The lowest BCUT2D eigenvalue weighted by atomic mass is 10.0. The zero-order valence-electron chi connectivity index (χ0n) is 16.1. The van der Waals surface area contributed by atoms with Gasteiger partial charge in [-0.15, -0.1) is 0 Å². The van der Waals surface area contributed by atoms with Gasteiger partial charge in [-0.1, -0.05) is 36.9 Å². The summed E-state index contributed by atoms with van der Waals surface area (Å²) in [5.41, 5.74) is 0.571. The maximum atomic E-state index is 12.7. The van der Waals surface area contributed by atoms with Crippen LogP contribution >= 0.6 is 0 Å². The number of amides is 2. The maximum Gasteiger partial charge on any atom is 0.352 e. The number of carbonyl (C=O) groups is 4. The van der Waals surface area contributed by atoms with Gasteiger partial charge in [-0.05, 0) is 12.5 Å². The molecule has 0 bridgehead atoms. The average molecular weight is 432 g/mol. The number of carboxylic acid groups (broad SMARTS) is 1. The number of esters is 1. The molecule has 2 amide bonds. The van der Waals surface area contributed by atoms with Gasteiger partial charge in [0.25, 0.3) is 5.91 Å². The Hall–Kier alpha value is -3.27. The van der Waals surface area contributed by atoms with Gasteiger partial charge < -0.3 is 15.2 Å². The standard InChI is InChI=1S/C20H20N2O7S/c1-11(2)20(27)29-9-13-10-30(28)18-15(17(24)22(18)16(13)19(25)26)21-14(23)8-12-6-4-3-5-7-12/h3-7,15,18H,1,8-10H2,2H3,(H,21,23)(H,25,26)/t15-,18-,30?/m1/s1. The van der Waals surface area contributed by atoms with E-state index < -0.39 is 52.6 Å². The number of aliphatic carboxylic acids is 1. The molecule has 30 heavy (non-hydrogen) atoms. The Balaban J connectivity index is 1.75. The van der Waals surface area contributed by atoms with Crippen LogP contribution in [0.1, 0.15) is 12.5 Å². The van der Waals surface area contributed by atoms with Crippen molar-refractivity contribution >= 4 is 34.6 Å². The Morgan fingerprint density at radius 3 is 2.57 bits per heavy atom. The predicted octanol–water partition coefficient (Wildman–Crippen LogP) is 0.103. The molecule has 0 aromatic heterocycles. The number of fused-ring (bicyclic) bond motifs is 1. The Bertz CT molecular complexity index is 986. The molecule has 2 aliphatic rings. The van der Waals surface area contributed by atoms with Gasteiger partial charge in [0.05, 0.1) is 23.0 Å². The molecule has 2 N–H and O–H groups in total. The van der Waals surface area contributed by atoms with Crippen molar-refractivity contribution in [2.45, 2.75) is 24.8 Å². The molecule has 2 heterocycles. The molecule has 10 heteroatoms. The number of hydrogen-bond acceptors (Lipinski definition) is 6. The molecule has 2 aliphatic heterocycles. The Morgan fingerprint density at radius 1 is 1.30 bits per heavy atom. The summed E-state index contributed by atoms with van der Waals surface area (Å²) < 4.78 is 17.7. The van der Waals surface area contributed by atoms with Crippen molar-refractivity contribution in [1.82, 2.24) is 10.2 Å². The Labute approximate surface area is 174 Å². The van der Waals surface area contributed by atoms with Crippen LogP contribution < -0.4 is 5.32 Å². The van der Waals surface area contributed by atoms with Crippen molar-refractivity contribution in [3.8, 4) is 0 Å². The number of β-lactam (4-membered cyclic amide) rings is 1. The van der Waals surface area contributed by atoms with E-state index in [4.69, 9.17) is 4.74 Å². The molecular weight excluding hydrogens is 412 g/mol. The minimum absolute atomic E-state index is 0.0354. The summed E-state index contributed by atoms with van der Waals surface area (Å²) in [5.74, 6) is -3.42. The van der Waals surface area contributed by atoms with Crippen molar-refractivity contribution in [3.05, 3.63) is 59.3 Å². The molecule has 0 radical (unpaired) electrons. The van der Waals surface area contributed by atoms with Gasteiger partial charge in [0, 0.05) is 11.1 Å². The highest BCUT2D eigenvalue weighted by atomic mass is 32.2. The highest BCUT2D eigenvalue weighted by Crippen LogP contribution is 2.35. The summed E-state index contributed by atoms with van der Waals surface area (Å²) in [5, 5.41) is 11.1. The fraction of sp³-hybridized carbons (Fsp3) is 0.300. The number of rotatable bonds is 7. The molecular formula is C20H20N2O7S. The van der Waals surface area contributed by atoms with Crippen molar-refractivity contribution in [2.24, 2.45) is 0 Å². The van der Waals surface area contributed by atoms with E-state index >= 15 is 0 Å². The number of nitrogens with one attached hydrogen (secondary N) is 1. The summed E-state index contributed by atoms with van der Waals surface area (Å²) in [6.45, 7) is 4.45. The van der Waals surface area contributed by atoms with E-state index in [9.17, 15) is 28.5 Å². The fourth-order valence-electron chi connectivity index (χ4n) is 3.25. The van der Waals surface area contributed by atoms with Crippen LogP contribution in [0.3, 0.4) is 0 Å². The number of ether oxygens (including phenoxy) is 1. The summed E-state index contributed by atoms with van der Waals surface area (Å²) in [7, 11) is -1.68. The van der Waals surface area contributed by atoms with Gasteiger partial charge in [-0.3, -0.25) is 18.7 Å². The molecule has 3 atom stereocenters. The maximum absolute atomic E-state index is 12.7. The molecule has 3 rings (SSSR count). The van der Waals surface area contributed by atoms with E-state index in [0.29, 0.717) is 0 Å². The first-order valence-corrected chi connectivity index (χ1v) is 10.4. The molecule has 158 valence electrons. The van der Waals surface area contributed by atoms with Gasteiger partial charge in [0.15, 0.2) is 0 Å². The second kappa shape index (κ2) is 8.62. The van der Waals surface area contributed by atoms with Gasteiger partial charge in [0.2, 0.25) is 5.91 Å². The molecule has 0 spiro atoms. The summed E-state index contributed by atoms with van der Waals surface area (Å²) in [6, 6.07) is 7.82. The molecule has 1 saturated heterocycles. The van der Waals surface area contributed by atoms with Crippen LogP contribution in [0.4, 0.5) is 0 Å². The van der Waals surface area contributed by atoms with Gasteiger partial charge in [0.1, 0.15) is 23.7 Å². The predicted molar refractivity (Wildman–Crippen MR) is 106 cm³/mol. The highest BCUT2D eigenvalue weighted by Gasteiger charge is 2.57. The summed E-state index contributed by atoms with van der Waals surface area (Å²) in [4.78, 5) is 49.1. The first kappa shape index (κ1) is 21.4. The number of hydrogen-bond donors (Lipinski definition) is 2. The SMILES string of the molecule is C=C(C)C(=O)OCC1=C(C(=O)O)N2C(=O)[C@@H](NC(=O)Cc3ccccc3)[C@H]2S(=O)C1. The summed E-state index contributed by atoms with van der Waals surface area (Å²) >= 11 is 0. The highest BCUT2D eigenvalue weighted by molar-refractivity contribution is 7.86. The monoisotopic (exact) mass is 432 g/mol. The Kier molecular flexibility index (Phi) is 6.16. The number of carboxylic acids is 1. The third-order valence-corrected chi connectivity index (χ3v) is 6.31. The largest absolute Gasteiger partial charge is 0.477 e. The zero-order chi connectivity index (χ0) is 22.0. The second-order valence-electron chi connectivity index (χ2n) is 6.95. The van der Waals surface area contributed by atoms with E-state index in [1.165, 1.54) is 6.92 Å². The van der Waals surface area contributed by atoms with Crippen molar-refractivity contribution in [1.29, 1.82) is 0 Å². The van der Waals surface area contributed by atoms with E-state index in [1.54, 1.807) is 24.3 Å². The van der Waals surface area contributed by atoms with Crippen LogP contribution in [-0.4, -0.2) is 61.7 Å². The van der Waals surface area contributed by atoms with Crippen molar-refractivity contribution in [3.63, 3.8) is 0 Å². The molecule has 0 aliphatic carbocycles. The number of benzene rings is 1. The topological polar surface area (TPSA) is 130 Å². The van der Waals surface area contributed by atoms with Crippen LogP contribution in [0, 0.1) is 0 Å². The summed E-state index contributed by atoms with van der Waals surface area (Å²) in [6.07, 6.45) is 0.0354. The van der Waals surface area contributed by atoms with Crippen LogP contribution in [0.2, 0.25) is 0 Å². The number of carbonyl (C=O) groups excluding carboxylic acids is 3. The molecule has 0 saturated carbocycles. The third kappa shape index (κ3) is 4.18. The van der Waals surface area contributed by atoms with Crippen LogP contribution in [-0.2, 0) is 41.1 Å². The molecule has 9 nitrogen and oxygen atoms in total. The second-order valence-corrected chi connectivity index (χ2v) is 8.48. The minimum Gasteiger partial charge on any atom is -0.477 e. The van der Waals surface area contributed by atoms with Gasteiger partial charge in [-0.2, -0.15) is 0 Å². The first-order valence-electron chi connectivity index (χ1n) is 9.02. The molecule has 1 aromatic rings. The molecule has 1 fully saturated rings. The van der Waals surface area contributed by atoms with E-state index in [-0.39, 0.29) is 29.0 Å². The van der Waals surface area contributed by atoms with E-state index in [0.717, 1.165) is 10.5 Å². The average Bonchev–Trinajstić information content (AvgIpc) is 2.70. The first-order chi connectivity index (χ1) is 14.2. The van der Waals surface area contributed by atoms with Crippen LogP contribution in [0.15, 0.2) is 53.8 Å². The quantitative estimate of drug-likeness (QED) is 0.355. The third-order valence-electron chi connectivity index (χ3n) is 4.66. The van der Waals surface area contributed by atoms with Gasteiger partial charge >= 0.3 is 11.9 Å². The smallest absolute Gasteiger partial charge is 0.352 e. The molecule has 1 unspecified atom stereocenters. The van der Waals surface area contributed by atoms with Crippen LogP contribution in [0.5, 0.6) is 0 Å². The zero-order valence-corrected chi connectivity index (χ0v) is 16.9. The lowest BCUT2D eigenvalue weighted by Gasteiger charge is -2.49.